The Kier molecular flexibility index (Phi) is 6.47. The predicted molar refractivity (Wildman–Crippen MR) is 102 cm³/mol. The van der Waals surface area contributed by atoms with Crippen molar-refractivity contribution >= 4 is 15.9 Å². The van der Waals surface area contributed by atoms with Gasteiger partial charge in [0.2, 0.25) is 15.9 Å². The van der Waals surface area contributed by atoms with Gasteiger partial charge in [-0.3, -0.25) is 4.79 Å². The van der Waals surface area contributed by atoms with E-state index in [9.17, 15) is 13.2 Å². The minimum absolute atomic E-state index is 0.0215. The molecule has 1 atom stereocenters. The molecule has 1 fully saturated rings. The molecule has 7 heteroatoms. The van der Waals surface area contributed by atoms with Crippen molar-refractivity contribution in [1.29, 1.82) is 0 Å². The lowest BCUT2D eigenvalue weighted by Gasteiger charge is -2.31. The molecule has 1 aromatic carbocycles. The molecule has 1 heterocycles. The van der Waals surface area contributed by atoms with Crippen LogP contribution in [0.4, 0.5) is 0 Å². The van der Waals surface area contributed by atoms with Crippen molar-refractivity contribution in [3.63, 3.8) is 0 Å². The van der Waals surface area contributed by atoms with E-state index >= 15 is 0 Å². The fourth-order valence-corrected chi connectivity index (χ4v) is 5.06. The van der Waals surface area contributed by atoms with Crippen LogP contribution in [0.2, 0.25) is 0 Å². The summed E-state index contributed by atoms with van der Waals surface area (Å²) in [6.07, 6.45) is 0.168. The summed E-state index contributed by atoms with van der Waals surface area (Å²) in [5.74, 6) is -0.0486. The molecule has 1 saturated heterocycles. The minimum atomic E-state index is -3.67. The molecule has 0 aliphatic carbocycles. The minimum Gasteiger partial charge on any atom is -0.375 e. The topological polar surface area (TPSA) is 75.7 Å². The highest BCUT2D eigenvalue weighted by molar-refractivity contribution is 7.89. The van der Waals surface area contributed by atoms with E-state index in [0.717, 1.165) is 27.8 Å². The van der Waals surface area contributed by atoms with Gasteiger partial charge in [-0.25, -0.2) is 13.1 Å². The van der Waals surface area contributed by atoms with E-state index < -0.39 is 10.0 Å². The van der Waals surface area contributed by atoms with Crippen molar-refractivity contribution < 1.29 is 17.9 Å². The van der Waals surface area contributed by atoms with Crippen molar-refractivity contribution in [1.82, 2.24) is 9.62 Å². The van der Waals surface area contributed by atoms with Gasteiger partial charge in [-0.05, 0) is 69.4 Å². The van der Waals surface area contributed by atoms with Crippen LogP contribution in [-0.2, 0) is 19.6 Å². The summed E-state index contributed by atoms with van der Waals surface area (Å²) in [5.41, 5.74) is 4.65. The van der Waals surface area contributed by atoms with Crippen LogP contribution in [0.3, 0.4) is 0 Å². The SMILES string of the molecule is Cc1c(C)c(C)c(S(=O)(=O)NCCC(=O)N2CCOC(C)C2)c(C)c1C. The number of hydrogen-bond acceptors (Lipinski definition) is 4. The van der Waals surface area contributed by atoms with Crippen molar-refractivity contribution in [2.45, 2.75) is 59.0 Å². The van der Waals surface area contributed by atoms with Gasteiger partial charge in [0.1, 0.15) is 0 Å². The molecule has 6 nitrogen and oxygen atoms in total. The fraction of sp³-hybridized carbons (Fsp3) is 0.632. The first-order chi connectivity index (χ1) is 12.1. The van der Waals surface area contributed by atoms with Gasteiger partial charge in [0.25, 0.3) is 0 Å². The number of sulfonamides is 1. The second-order valence-corrected chi connectivity index (χ2v) is 8.83. The zero-order valence-corrected chi connectivity index (χ0v) is 17.4. The van der Waals surface area contributed by atoms with Gasteiger partial charge in [0, 0.05) is 26.1 Å². The van der Waals surface area contributed by atoms with Gasteiger partial charge in [-0.2, -0.15) is 0 Å². The molecule has 0 bridgehead atoms. The summed E-state index contributed by atoms with van der Waals surface area (Å²) >= 11 is 0. The van der Waals surface area contributed by atoms with Crippen LogP contribution in [0.25, 0.3) is 0 Å². The first kappa shape index (κ1) is 20.9. The summed E-state index contributed by atoms with van der Waals surface area (Å²) in [5, 5.41) is 0. The number of carbonyl (C=O) groups is 1. The van der Waals surface area contributed by atoms with Crippen LogP contribution in [0.5, 0.6) is 0 Å². The monoisotopic (exact) mass is 382 g/mol. The molecule has 2 rings (SSSR count). The van der Waals surface area contributed by atoms with Gasteiger partial charge >= 0.3 is 0 Å². The Hall–Kier alpha value is -1.44. The Morgan fingerprint density at radius 1 is 1.08 bits per heavy atom. The van der Waals surface area contributed by atoms with Crippen LogP contribution in [0, 0.1) is 34.6 Å². The van der Waals surface area contributed by atoms with Gasteiger partial charge < -0.3 is 9.64 Å². The molecular weight excluding hydrogens is 352 g/mol. The van der Waals surface area contributed by atoms with E-state index in [4.69, 9.17) is 4.74 Å². The highest BCUT2D eigenvalue weighted by Crippen LogP contribution is 2.29. The van der Waals surface area contributed by atoms with Gasteiger partial charge in [-0.15, -0.1) is 0 Å². The number of nitrogens with one attached hydrogen (secondary N) is 1. The quantitative estimate of drug-likeness (QED) is 0.847. The molecule has 1 amide bonds. The van der Waals surface area contributed by atoms with Gasteiger partial charge in [0.15, 0.2) is 0 Å². The predicted octanol–water partition coefficient (Wildman–Crippen LogP) is 2.14. The third-order valence-electron chi connectivity index (χ3n) is 5.42. The van der Waals surface area contributed by atoms with E-state index in [1.807, 2.05) is 41.5 Å². The van der Waals surface area contributed by atoms with Crippen molar-refractivity contribution in [2.75, 3.05) is 26.2 Å². The van der Waals surface area contributed by atoms with E-state index in [-0.39, 0.29) is 25.0 Å². The number of nitrogens with zero attached hydrogens (tertiary/aromatic N) is 1. The second-order valence-electron chi connectivity index (χ2n) is 7.12. The Bertz CT molecular complexity index is 773. The number of benzene rings is 1. The maximum Gasteiger partial charge on any atom is 0.241 e. The molecule has 0 saturated carbocycles. The largest absolute Gasteiger partial charge is 0.375 e. The Morgan fingerprint density at radius 2 is 1.62 bits per heavy atom. The molecule has 1 aliphatic rings. The smallest absolute Gasteiger partial charge is 0.241 e. The summed E-state index contributed by atoms with van der Waals surface area (Å²) in [7, 11) is -3.67. The average molecular weight is 383 g/mol. The molecule has 0 radical (unpaired) electrons. The lowest BCUT2D eigenvalue weighted by molar-refractivity contribution is -0.137. The van der Waals surface area contributed by atoms with E-state index in [1.165, 1.54) is 0 Å². The molecule has 26 heavy (non-hydrogen) atoms. The molecule has 146 valence electrons. The first-order valence-electron chi connectivity index (χ1n) is 9.02. The summed E-state index contributed by atoms with van der Waals surface area (Å²) in [6, 6.07) is 0. The van der Waals surface area contributed by atoms with Crippen molar-refractivity contribution in [3.05, 3.63) is 27.8 Å². The second kappa shape index (κ2) is 8.06. The third-order valence-corrected chi connectivity index (χ3v) is 7.16. The maximum atomic E-state index is 12.8. The fourth-order valence-electron chi connectivity index (χ4n) is 3.44. The lowest BCUT2D eigenvalue weighted by atomic mass is 9.95. The normalized spacial score (nSPS) is 18.2. The third kappa shape index (κ3) is 4.27. The van der Waals surface area contributed by atoms with Crippen molar-refractivity contribution in [2.24, 2.45) is 0 Å². The first-order valence-corrected chi connectivity index (χ1v) is 10.5. The number of amides is 1. The Labute approximate surface area is 157 Å². The van der Waals surface area contributed by atoms with Gasteiger partial charge in [0.05, 0.1) is 17.6 Å². The number of morpholine rings is 1. The summed E-state index contributed by atoms with van der Waals surface area (Å²) < 4.78 is 33.7. The molecular formula is C19H30N2O4S. The average Bonchev–Trinajstić information content (AvgIpc) is 2.58. The highest BCUT2D eigenvalue weighted by atomic mass is 32.2. The molecule has 1 aliphatic heterocycles. The van der Waals surface area contributed by atoms with Crippen LogP contribution in [0.15, 0.2) is 4.90 Å². The number of carbonyl (C=O) groups excluding carboxylic acids is 1. The molecule has 1 unspecified atom stereocenters. The van der Waals surface area contributed by atoms with Gasteiger partial charge in [-0.1, -0.05) is 0 Å². The van der Waals surface area contributed by atoms with Crippen LogP contribution in [-0.4, -0.2) is 51.6 Å². The Morgan fingerprint density at radius 3 is 2.15 bits per heavy atom. The number of hydrogen-bond donors (Lipinski definition) is 1. The number of rotatable bonds is 5. The van der Waals surface area contributed by atoms with E-state index in [0.29, 0.717) is 24.6 Å². The summed E-state index contributed by atoms with van der Waals surface area (Å²) in [6.45, 7) is 13.2. The molecule has 1 aromatic rings. The molecule has 0 aromatic heterocycles. The van der Waals surface area contributed by atoms with Crippen LogP contribution < -0.4 is 4.72 Å². The van der Waals surface area contributed by atoms with Crippen molar-refractivity contribution in [3.8, 4) is 0 Å². The van der Waals surface area contributed by atoms with E-state index in [2.05, 4.69) is 4.72 Å². The highest BCUT2D eigenvalue weighted by Gasteiger charge is 2.25. The van der Waals surface area contributed by atoms with Crippen LogP contribution in [0.1, 0.15) is 41.2 Å². The molecule has 0 spiro atoms. The standard InChI is InChI=1S/C19H30N2O4S/c1-12-11-21(9-10-25-12)18(22)7-8-20-26(23,24)19-16(5)14(3)13(2)15(4)17(19)6/h12,20H,7-11H2,1-6H3. The summed E-state index contributed by atoms with van der Waals surface area (Å²) in [4.78, 5) is 14.4. The van der Waals surface area contributed by atoms with E-state index in [1.54, 1.807) is 4.90 Å². The number of ether oxygens (including phenoxy) is 1. The maximum absolute atomic E-state index is 12.8. The Balaban J connectivity index is 2.09. The molecule has 1 N–H and O–H groups in total. The lowest BCUT2D eigenvalue weighted by Crippen LogP contribution is -2.45. The van der Waals surface area contributed by atoms with Crippen LogP contribution >= 0.6 is 0 Å². The zero-order chi connectivity index (χ0) is 19.6. The zero-order valence-electron chi connectivity index (χ0n) is 16.6.